The maximum Gasteiger partial charge on any atom is 0.168 e. The topological polar surface area (TPSA) is 35.5 Å². The van der Waals surface area contributed by atoms with Crippen molar-refractivity contribution in [1.82, 2.24) is 0 Å². The van der Waals surface area contributed by atoms with Crippen LogP contribution in [-0.4, -0.2) is 12.9 Å². The molecular weight excluding hydrogens is 216 g/mol. The van der Waals surface area contributed by atoms with Crippen LogP contribution in [0.25, 0.3) is 0 Å². The molecule has 0 spiro atoms. The maximum absolute atomic E-state index is 11.9. The zero-order valence-electron chi connectivity index (χ0n) is 10.3. The van der Waals surface area contributed by atoms with Crippen LogP contribution in [-0.2, 0) is 9.53 Å². The lowest BCUT2D eigenvalue weighted by Gasteiger charge is -2.27. The summed E-state index contributed by atoms with van der Waals surface area (Å²) < 4.78 is 10.7. The van der Waals surface area contributed by atoms with Gasteiger partial charge in [-0.1, -0.05) is 19.1 Å². The van der Waals surface area contributed by atoms with Crippen LogP contribution in [0.15, 0.2) is 36.1 Å². The fourth-order valence-corrected chi connectivity index (χ4v) is 2.01. The average Bonchev–Trinajstić information content (AvgIpc) is 2.36. The van der Waals surface area contributed by atoms with Gasteiger partial charge < -0.3 is 9.47 Å². The number of carbonyl (C=O) groups excluding carboxylic acids is 1. The van der Waals surface area contributed by atoms with E-state index in [0.29, 0.717) is 5.57 Å². The summed E-state index contributed by atoms with van der Waals surface area (Å²) >= 11 is 0. The molecule has 3 heteroatoms. The van der Waals surface area contributed by atoms with Crippen LogP contribution in [0.2, 0.25) is 0 Å². The SMILES string of the molecule is COc1ccc([C@@H]2OC=C(C)C(=O)[C@H]2C)cc1. The number of Topliss-reactive ketones (excluding diaryl/α,β-unsaturated/α-hetero) is 1. The highest BCUT2D eigenvalue weighted by Gasteiger charge is 2.30. The number of ketones is 1. The molecule has 1 aliphatic rings. The highest BCUT2D eigenvalue weighted by Crippen LogP contribution is 2.33. The zero-order chi connectivity index (χ0) is 12.4. The second-order valence-electron chi connectivity index (χ2n) is 4.28. The Morgan fingerprint density at radius 3 is 2.47 bits per heavy atom. The van der Waals surface area contributed by atoms with Crippen molar-refractivity contribution in [3.8, 4) is 5.75 Å². The average molecular weight is 232 g/mol. The molecule has 0 radical (unpaired) electrons. The molecule has 17 heavy (non-hydrogen) atoms. The number of benzene rings is 1. The number of methoxy groups -OCH3 is 1. The Morgan fingerprint density at radius 2 is 1.88 bits per heavy atom. The van der Waals surface area contributed by atoms with Gasteiger partial charge in [0.05, 0.1) is 19.3 Å². The summed E-state index contributed by atoms with van der Waals surface area (Å²) in [6.45, 7) is 3.68. The first kappa shape index (κ1) is 11.7. The molecule has 0 aromatic heterocycles. The number of rotatable bonds is 2. The number of allylic oxidation sites excluding steroid dienone is 1. The Labute approximate surface area is 101 Å². The maximum atomic E-state index is 11.9. The molecule has 0 amide bonds. The van der Waals surface area contributed by atoms with Crippen molar-refractivity contribution in [2.75, 3.05) is 7.11 Å². The molecule has 3 nitrogen and oxygen atoms in total. The van der Waals surface area contributed by atoms with Crippen molar-refractivity contribution in [3.63, 3.8) is 0 Å². The summed E-state index contributed by atoms with van der Waals surface area (Å²) in [4.78, 5) is 11.9. The minimum absolute atomic E-state index is 0.145. The van der Waals surface area contributed by atoms with Crippen LogP contribution in [0.5, 0.6) is 5.75 Å². The van der Waals surface area contributed by atoms with Gasteiger partial charge in [-0.15, -0.1) is 0 Å². The fourth-order valence-electron chi connectivity index (χ4n) is 2.01. The lowest BCUT2D eigenvalue weighted by molar-refractivity contribution is -0.124. The minimum Gasteiger partial charge on any atom is -0.497 e. The van der Waals surface area contributed by atoms with Gasteiger partial charge in [-0.05, 0) is 24.6 Å². The molecule has 1 aliphatic heterocycles. The van der Waals surface area contributed by atoms with E-state index < -0.39 is 0 Å². The van der Waals surface area contributed by atoms with Crippen molar-refractivity contribution in [2.24, 2.45) is 5.92 Å². The third-order valence-corrected chi connectivity index (χ3v) is 3.09. The van der Waals surface area contributed by atoms with Crippen LogP contribution in [0.3, 0.4) is 0 Å². The van der Waals surface area contributed by atoms with Crippen LogP contribution in [0.4, 0.5) is 0 Å². The standard InChI is InChI=1S/C14H16O3/c1-9-8-17-14(10(2)13(9)15)11-4-6-12(16-3)7-5-11/h4-8,10,14H,1-3H3/t10-,14-/m1/s1. The van der Waals surface area contributed by atoms with E-state index in [2.05, 4.69) is 0 Å². The third kappa shape index (κ3) is 2.18. The van der Waals surface area contributed by atoms with E-state index in [1.165, 1.54) is 0 Å². The van der Waals surface area contributed by atoms with Gasteiger partial charge in [0, 0.05) is 5.57 Å². The quantitative estimate of drug-likeness (QED) is 0.786. The second-order valence-corrected chi connectivity index (χ2v) is 4.28. The second kappa shape index (κ2) is 4.62. The highest BCUT2D eigenvalue weighted by molar-refractivity contribution is 5.97. The van der Waals surface area contributed by atoms with E-state index >= 15 is 0 Å². The van der Waals surface area contributed by atoms with Crippen molar-refractivity contribution < 1.29 is 14.3 Å². The summed E-state index contributed by atoms with van der Waals surface area (Å²) in [6.07, 6.45) is 1.36. The van der Waals surface area contributed by atoms with Crippen molar-refractivity contribution in [2.45, 2.75) is 20.0 Å². The first-order valence-electron chi connectivity index (χ1n) is 5.64. The number of hydrogen-bond acceptors (Lipinski definition) is 3. The molecule has 1 heterocycles. The Morgan fingerprint density at radius 1 is 1.24 bits per heavy atom. The van der Waals surface area contributed by atoms with E-state index in [-0.39, 0.29) is 17.8 Å². The lowest BCUT2D eigenvalue weighted by Crippen LogP contribution is -2.25. The van der Waals surface area contributed by atoms with Crippen LogP contribution >= 0.6 is 0 Å². The summed E-state index contributed by atoms with van der Waals surface area (Å²) in [7, 11) is 1.63. The first-order chi connectivity index (χ1) is 8.13. The van der Waals surface area contributed by atoms with Crippen molar-refractivity contribution in [1.29, 1.82) is 0 Å². The molecule has 0 unspecified atom stereocenters. The van der Waals surface area contributed by atoms with Crippen molar-refractivity contribution >= 4 is 5.78 Å². The summed E-state index contributed by atoms with van der Waals surface area (Å²) in [5, 5.41) is 0. The van der Waals surface area contributed by atoms with Gasteiger partial charge >= 0.3 is 0 Å². The normalized spacial score (nSPS) is 23.9. The molecule has 2 atom stereocenters. The van der Waals surface area contributed by atoms with E-state index in [1.54, 1.807) is 20.3 Å². The van der Waals surface area contributed by atoms with Crippen LogP contribution in [0, 0.1) is 5.92 Å². The van der Waals surface area contributed by atoms with E-state index in [4.69, 9.17) is 9.47 Å². The highest BCUT2D eigenvalue weighted by atomic mass is 16.5. The van der Waals surface area contributed by atoms with Crippen molar-refractivity contribution in [3.05, 3.63) is 41.7 Å². The van der Waals surface area contributed by atoms with Gasteiger partial charge in [-0.2, -0.15) is 0 Å². The summed E-state index contributed by atoms with van der Waals surface area (Å²) in [5.41, 5.74) is 1.68. The van der Waals surface area contributed by atoms with Gasteiger partial charge in [-0.3, -0.25) is 4.79 Å². The molecule has 0 fully saturated rings. The van der Waals surface area contributed by atoms with Crippen LogP contribution < -0.4 is 4.74 Å². The third-order valence-electron chi connectivity index (χ3n) is 3.09. The predicted molar refractivity (Wildman–Crippen MR) is 64.7 cm³/mol. The van der Waals surface area contributed by atoms with Gasteiger partial charge in [0.15, 0.2) is 5.78 Å². The molecule has 2 rings (SSSR count). The molecule has 0 N–H and O–H groups in total. The van der Waals surface area contributed by atoms with Gasteiger partial charge in [0.2, 0.25) is 0 Å². The van der Waals surface area contributed by atoms with Gasteiger partial charge in [0.25, 0.3) is 0 Å². The monoisotopic (exact) mass is 232 g/mol. The Kier molecular flexibility index (Phi) is 3.18. The Hall–Kier alpha value is -1.77. The van der Waals surface area contributed by atoms with E-state index in [1.807, 2.05) is 31.2 Å². The Bertz CT molecular complexity index is 445. The molecule has 1 aromatic rings. The fraction of sp³-hybridized carbons (Fsp3) is 0.357. The molecule has 0 saturated carbocycles. The summed E-state index contributed by atoms with van der Waals surface area (Å²) in [5.74, 6) is 0.806. The smallest absolute Gasteiger partial charge is 0.168 e. The molecular formula is C14H16O3. The summed E-state index contributed by atoms with van der Waals surface area (Å²) in [6, 6.07) is 7.62. The predicted octanol–water partition coefficient (Wildman–Crippen LogP) is 2.88. The largest absolute Gasteiger partial charge is 0.497 e. The van der Waals surface area contributed by atoms with Gasteiger partial charge in [-0.25, -0.2) is 0 Å². The Balaban J connectivity index is 2.25. The number of carbonyl (C=O) groups is 1. The van der Waals surface area contributed by atoms with Gasteiger partial charge in [0.1, 0.15) is 11.9 Å². The van der Waals surface area contributed by atoms with E-state index in [9.17, 15) is 4.79 Å². The molecule has 0 bridgehead atoms. The molecule has 0 aliphatic carbocycles. The first-order valence-corrected chi connectivity index (χ1v) is 5.64. The van der Waals surface area contributed by atoms with E-state index in [0.717, 1.165) is 11.3 Å². The molecule has 90 valence electrons. The molecule has 1 aromatic carbocycles. The minimum atomic E-state index is -0.197. The lowest BCUT2D eigenvalue weighted by atomic mass is 9.89. The zero-order valence-corrected chi connectivity index (χ0v) is 10.3. The number of hydrogen-bond donors (Lipinski definition) is 0. The van der Waals surface area contributed by atoms with Crippen LogP contribution in [0.1, 0.15) is 25.5 Å². The number of ether oxygens (including phenoxy) is 2. The molecule has 0 saturated heterocycles.